The Morgan fingerprint density at radius 1 is 1.41 bits per heavy atom. The Kier molecular flexibility index (Phi) is 4.05. The van der Waals surface area contributed by atoms with E-state index in [-0.39, 0.29) is 11.9 Å². The second-order valence-corrected chi connectivity index (χ2v) is 6.16. The van der Waals surface area contributed by atoms with Crippen LogP contribution in [0.5, 0.6) is 5.75 Å². The number of ether oxygens (including phenoxy) is 1. The van der Waals surface area contributed by atoms with E-state index in [9.17, 15) is 4.79 Å². The maximum atomic E-state index is 12.7. The van der Waals surface area contributed by atoms with E-state index in [1.807, 2.05) is 29.7 Å². The number of imidazole rings is 1. The first kappa shape index (κ1) is 14.9. The molecule has 5 nitrogen and oxygen atoms in total. The first-order valence-electron chi connectivity index (χ1n) is 7.94. The van der Waals surface area contributed by atoms with Crippen molar-refractivity contribution in [1.82, 2.24) is 14.7 Å². The van der Waals surface area contributed by atoms with E-state index in [0.29, 0.717) is 23.0 Å². The summed E-state index contributed by atoms with van der Waals surface area (Å²) in [5.41, 5.74) is 2.02. The third-order valence-corrected chi connectivity index (χ3v) is 4.65. The number of pyridine rings is 1. The quantitative estimate of drug-likeness (QED) is 0.948. The van der Waals surface area contributed by atoms with E-state index in [4.69, 9.17) is 4.74 Å². The lowest BCUT2D eigenvalue weighted by atomic mass is 9.86. The van der Waals surface area contributed by atoms with Crippen LogP contribution in [-0.4, -0.2) is 28.4 Å². The molecule has 0 spiro atoms. The number of aryl methyl sites for hydroxylation is 1. The number of carbonyl (C=O) groups excluding carboxylic acids is 1. The number of hydrogen-bond donors (Lipinski definition) is 1. The van der Waals surface area contributed by atoms with Gasteiger partial charge in [-0.1, -0.05) is 19.8 Å². The van der Waals surface area contributed by atoms with Gasteiger partial charge in [0.15, 0.2) is 11.4 Å². The van der Waals surface area contributed by atoms with E-state index < -0.39 is 0 Å². The summed E-state index contributed by atoms with van der Waals surface area (Å²) in [6.07, 6.45) is 6.56. The van der Waals surface area contributed by atoms with Gasteiger partial charge < -0.3 is 10.1 Å². The Balaban J connectivity index is 1.92. The molecule has 1 saturated carbocycles. The summed E-state index contributed by atoms with van der Waals surface area (Å²) in [5.74, 6) is 1.17. The van der Waals surface area contributed by atoms with Gasteiger partial charge in [0.2, 0.25) is 0 Å². The van der Waals surface area contributed by atoms with Crippen LogP contribution in [0.4, 0.5) is 0 Å². The van der Waals surface area contributed by atoms with Crippen LogP contribution in [0.2, 0.25) is 0 Å². The molecule has 5 heteroatoms. The fraction of sp³-hybridized carbons (Fsp3) is 0.529. The van der Waals surface area contributed by atoms with Crippen LogP contribution in [0.25, 0.3) is 5.65 Å². The monoisotopic (exact) mass is 301 g/mol. The molecule has 0 bridgehead atoms. The van der Waals surface area contributed by atoms with E-state index in [1.165, 1.54) is 19.3 Å². The van der Waals surface area contributed by atoms with Crippen molar-refractivity contribution in [2.24, 2.45) is 5.92 Å². The van der Waals surface area contributed by atoms with E-state index in [1.54, 1.807) is 7.11 Å². The molecule has 0 aliphatic heterocycles. The zero-order valence-corrected chi connectivity index (χ0v) is 13.4. The highest BCUT2D eigenvalue weighted by atomic mass is 16.5. The fourth-order valence-electron chi connectivity index (χ4n) is 3.36. The number of aromatic nitrogens is 2. The van der Waals surface area contributed by atoms with Gasteiger partial charge in [-0.2, -0.15) is 0 Å². The predicted molar refractivity (Wildman–Crippen MR) is 85.4 cm³/mol. The smallest absolute Gasteiger partial charge is 0.270 e. The summed E-state index contributed by atoms with van der Waals surface area (Å²) < 4.78 is 7.14. The maximum Gasteiger partial charge on any atom is 0.270 e. The molecule has 3 rings (SSSR count). The molecule has 118 valence electrons. The average Bonchev–Trinajstić information content (AvgIpc) is 2.85. The maximum absolute atomic E-state index is 12.7. The van der Waals surface area contributed by atoms with E-state index in [2.05, 4.69) is 17.2 Å². The van der Waals surface area contributed by atoms with Crippen molar-refractivity contribution < 1.29 is 9.53 Å². The van der Waals surface area contributed by atoms with Crippen molar-refractivity contribution in [3.8, 4) is 5.75 Å². The summed E-state index contributed by atoms with van der Waals surface area (Å²) >= 11 is 0. The van der Waals surface area contributed by atoms with Gasteiger partial charge in [0.1, 0.15) is 5.69 Å². The van der Waals surface area contributed by atoms with Crippen LogP contribution in [0, 0.1) is 12.8 Å². The van der Waals surface area contributed by atoms with E-state index in [0.717, 1.165) is 12.1 Å². The number of amides is 1. The average molecular weight is 301 g/mol. The van der Waals surface area contributed by atoms with Gasteiger partial charge >= 0.3 is 0 Å². The molecular formula is C17H23N3O2. The largest absolute Gasteiger partial charge is 0.493 e. The van der Waals surface area contributed by atoms with Gasteiger partial charge in [0.25, 0.3) is 5.91 Å². The summed E-state index contributed by atoms with van der Waals surface area (Å²) in [6, 6.07) is 3.98. The van der Waals surface area contributed by atoms with Crippen LogP contribution in [0.3, 0.4) is 0 Å². The number of rotatable bonds is 3. The molecule has 1 aliphatic carbocycles. The lowest BCUT2D eigenvalue weighted by molar-refractivity contribution is 0.0903. The van der Waals surface area contributed by atoms with Crippen LogP contribution in [0.1, 0.15) is 48.8 Å². The normalized spacial score (nSPS) is 21.8. The number of carbonyl (C=O) groups is 1. The third kappa shape index (κ3) is 2.56. The molecular weight excluding hydrogens is 278 g/mol. The minimum absolute atomic E-state index is 0.0444. The third-order valence-electron chi connectivity index (χ3n) is 4.65. The van der Waals surface area contributed by atoms with Gasteiger partial charge in [0.05, 0.1) is 12.8 Å². The molecule has 22 heavy (non-hydrogen) atoms. The van der Waals surface area contributed by atoms with Gasteiger partial charge in [-0.15, -0.1) is 0 Å². The van der Waals surface area contributed by atoms with Crippen molar-refractivity contribution >= 4 is 11.6 Å². The molecule has 2 aromatic heterocycles. The van der Waals surface area contributed by atoms with Crippen LogP contribution >= 0.6 is 0 Å². The second kappa shape index (κ2) is 5.99. The van der Waals surface area contributed by atoms with E-state index >= 15 is 0 Å². The number of methoxy groups -OCH3 is 1. The molecule has 1 fully saturated rings. The predicted octanol–water partition coefficient (Wildman–Crippen LogP) is 2.96. The van der Waals surface area contributed by atoms with Crippen molar-refractivity contribution in [3.05, 3.63) is 29.7 Å². The van der Waals surface area contributed by atoms with Crippen molar-refractivity contribution in [2.75, 3.05) is 7.11 Å². The topological polar surface area (TPSA) is 55.6 Å². The lowest BCUT2D eigenvalue weighted by Crippen LogP contribution is -2.41. The van der Waals surface area contributed by atoms with Crippen LogP contribution < -0.4 is 10.1 Å². The van der Waals surface area contributed by atoms with Crippen LogP contribution in [-0.2, 0) is 0 Å². The Hall–Kier alpha value is -2.04. The Labute approximate surface area is 130 Å². The molecule has 1 amide bonds. The summed E-state index contributed by atoms with van der Waals surface area (Å²) in [5, 5.41) is 3.20. The number of nitrogens with zero attached hydrogens (tertiary/aromatic N) is 2. The van der Waals surface area contributed by atoms with Crippen molar-refractivity contribution in [3.63, 3.8) is 0 Å². The molecule has 0 aromatic carbocycles. The minimum Gasteiger partial charge on any atom is -0.493 e. The zero-order chi connectivity index (χ0) is 15.7. The lowest BCUT2D eigenvalue weighted by Gasteiger charge is -2.29. The Bertz CT molecular complexity index is 693. The van der Waals surface area contributed by atoms with Gasteiger partial charge in [-0.3, -0.25) is 9.20 Å². The highest BCUT2D eigenvalue weighted by Crippen LogP contribution is 2.25. The second-order valence-electron chi connectivity index (χ2n) is 6.16. The zero-order valence-electron chi connectivity index (χ0n) is 13.4. The Morgan fingerprint density at radius 3 is 2.91 bits per heavy atom. The van der Waals surface area contributed by atoms with Crippen molar-refractivity contribution in [2.45, 2.75) is 45.6 Å². The minimum atomic E-state index is -0.0444. The number of fused-ring (bicyclic) bond motifs is 1. The number of hydrogen-bond acceptors (Lipinski definition) is 3. The summed E-state index contributed by atoms with van der Waals surface area (Å²) in [4.78, 5) is 17.2. The van der Waals surface area contributed by atoms with Crippen LogP contribution in [0.15, 0.2) is 18.3 Å². The molecule has 2 unspecified atom stereocenters. The highest BCUT2D eigenvalue weighted by Gasteiger charge is 2.26. The van der Waals surface area contributed by atoms with Gasteiger partial charge in [-0.05, 0) is 37.8 Å². The summed E-state index contributed by atoms with van der Waals surface area (Å²) in [7, 11) is 1.61. The molecule has 1 aliphatic rings. The first-order valence-corrected chi connectivity index (χ1v) is 7.94. The Morgan fingerprint density at radius 2 is 2.18 bits per heavy atom. The molecule has 0 saturated heterocycles. The molecule has 0 radical (unpaired) electrons. The number of nitrogens with one attached hydrogen (secondary N) is 1. The standard InChI is InChI=1S/C17H23N3O2/c1-11-7-4-5-8-13(11)19-17(21)15-12(2)18-16-14(22-3)9-6-10-20(15)16/h6,9-11,13H,4-5,7-8H2,1-3H3,(H,19,21). The molecule has 2 heterocycles. The summed E-state index contributed by atoms with van der Waals surface area (Å²) in [6.45, 7) is 4.08. The SMILES string of the molecule is COc1cccn2c(C(=O)NC3CCCCC3C)c(C)nc12. The molecule has 1 N–H and O–H groups in total. The highest BCUT2D eigenvalue weighted by molar-refractivity contribution is 5.95. The van der Waals surface area contributed by atoms with Crippen molar-refractivity contribution in [1.29, 1.82) is 0 Å². The van der Waals surface area contributed by atoms with Gasteiger partial charge in [0, 0.05) is 12.2 Å². The molecule has 2 atom stereocenters. The van der Waals surface area contributed by atoms with Gasteiger partial charge in [-0.25, -0.2) is 4.98 Å². The molecule has 2 aromatic rings. The fourth-order valence-corrected chi connectivity index (χ4v) is 3.36. The first-order chi connectivity index (χ1) is 10.6.